The van der Waals surface area contributed by atoms with Crippen LogP contribution in [0.1, 0.15) is 11.1 Å². The van der Waals surface area contributed by atoms with Crippen LogP contribution < -0.4 is 14.5 Å². The highest BCUT2D eigenvalue weighted by molar-refractivity contribution is 5.60. The van der Waals surface area contributed by atoms with E-state index in [0.29, 0.717) is 0 Å². The number of para-hydroxylation sites is 2. The summed E-state index contributed by atoms with van der Waals surface area (Å²) in [6.45, 7) is 8.48. The van der Waals surface area contributed by atoms with E-state index < -0.39 is 0 Å². The summed E-state index contributed by atoms with van der Waals surface area (Å²) < 4.78 is 5.48. The molecule has 0 unspecified atom stereocenters. The lowest BCUT2D eigenvalue weighted by atomic mass is 10.1. The molecule has 0 aliphatic carbocycles. The third-order valence-corrected chi connectivity index (χ3v) is 4.56. The number of anilines is 2. The fourth-order valence-electron chi connectivity index (χ4n) is 3.02. The first-order chi connectivity index (χ1) is 10.7. The number of rotatable bonds is 3. The maximum Gasteiger partial charge on any atom is 0.142 e. The van der Waals surface area contributed by atoms with Crippen molar-refractivity contribution in [2.45, 2.75) is 13.8 Å². The predicted octanol–water partition coefficient (Wildman–Crippen LogP) is 3.64. The number of nitrogens with zero attached hydrogens (tertiary/aromatic N) is 2. The number of benzene rings is 2. The summed E-state index contributed by atoms with van der Waals surface area (Å²) in [6.07, 6.45) is 0. The van der Waals surface area contributed by atoms with E-state index in [0.717, 1.165) is 31.9 Å². The zero-order chi connectivity index (χ0) is 15.5. The highest BCUT2D eigenvalue weighted by Gasteiger charge is 2.19. The molecule has 1 saturated heterocycles. The van der Waals surface area contributed by atoms with Crippen molar-refractivity contribution in [2.75, 3.05) is 43.1 Å². The van der Waals surface area contributed by atoms with Gasteiger partial charge in [-0.2, -0.15) is 0 Å². The van der Waals surface area contributed by atoms with Gasteiger partial charge in [0.25, 0.3) is 0 Å². The van der Waals surface area contributed by atoms with Gasteiger partial charge in [0.05, 0.1) is 12.8 Å². The van der Waals surface area contributed by atoms with Crippen LogP contribution in [0.25, 0.3) is 0 Å². The van der Waals surface area contributed by atoms with E-state index in [9.17, 15) is 0 Å². The normalized spacial score (nSPS) is 15.0. The Bertz CT molecular complexity index is 646. The maximum absolute atomic E-state index is 5.48. The Labute approximate surface area is 133 Å². The lowest BCUT2D eigenvalue weighted by molar-refractivity contribution is 0.413. The zero-order valence-electron chi connectivity index (χ0n) is 13.7. The van der Waals surface area contributed by atoms with Crippen LogP contribution in [-0.4, -0.2) is 33.3 Å². The highest BCUT2D eigenvalue weighted by Crippen LogP contribution is 2.29. The molecule has 116 valence electrons. The third-order valence-electron chi connectivity index (χ3n) is 4.56. The first-order valence-corrected chi connectivity index (χ1v) is 7.89. The molecule has 1 aliphatic rings. The Hall–Kier alpha value is -2.16. The maximum atomic E-state index is 5.48. The molecule has 0 bridgehead atoms. The molecule has 3 rings (SSSR count). The molecule has 3 nitrogen and oxygen atoms in total. The predicted molar refractivity (Wildman–Crippen MR) is 93.3 cm³/mol. The number of hydrogen-bond acceptors (Lipinski definition) is 3. The summed E-state index contributed by atoms with van der Waals surface area (Å²) >= 11 is 0. The van der Waals surface area contributed by atoms with Gasteiger partial charge in [0.15, 0.2) is 0 Å². The van der Waals surface area contributed by atoms with Crippen molar-refractivity contribution in [2.24, 2.45) is 0 Å². The van der Waals surface area contributed by atoms with Gasteiger partial charge in [-0.15, -0.1) is 0 Å². The van der Waals surface area contributed by atoms with E-state index in [2.05, 4.69) is 54.0 Å². The molecule has 0 radical (unpaired) electrons. The fraction of sp³-hybridized carbons (Fsp3) is 0.368. The van der Waals surface area contributed by atoms with E-state index >= 15 is 0 Å². The standard InChI is InChI=1S/C19H24N2O/c1-15-8-9-17(14-16(15)2)20-10-12-21(13-11-20)18-6-4-5-7-19(18)22-3/h4-9,14H,10-13H2,1-3H3. The molecule has 1 heterocycles. The van der Waals surface area contributed by atoms with Crippen LogP contribution in [0.5, 0.6) is 5.75 Å². The largest absolute Gasteiger partial charge is 0.495 e. The second-order valence-corrected chi connectivity index (χ2v) is 5.91. The van der Waals surface area contributed by atoms with Crippen LogP contribution in [0.15, 0.2) is 42.5 Å². The van der Waals surface area contributed by atoms with Crippen molar-refractivity contribution in [1.29, 1.82) is 0 Å². The molecule has 0 aromatic heterocycles. The first kappa shape index (κ1) is 14.8. The molecular weight excluding hydrogens is 272 g/mol. The molecule has 1 aliphatic heterocycles. The minimum atomic E-state index is 0.960. The van der Waals surface area contributed by atoms with Crippen LogP contribution in [0.2, 0.25) is 0 Å². The van der Waals surface area contributed by atoms with E-state index in [1.54, 1.807) is 7.11 Å². The van der Waals surface area contributed by atoms with Crippen molar-refractivity contribution < 1.29 is 4.74 Å². The lowest BCUT2D eigenvalue weighted by Gasteiger charge is -2.38. The van der Waals surface area contributed by atoms with Gasteiger partial charge in [0.1, 0.15) is 5.75 Å². The molecule has 0 N–H and O–H groups in total. The number of aryl methyl sites for hydroxylation is 2. The quantitative estimate of drug-likeness (QED) is 0.860. The molecule has 0 amide bonds. The van der Waals surface area contributed by atoms with E-state index in [4.69, 9.17) is 4.74 Å². The monoisotopic (exact) mass is 296 g/mol. The minimum Gasteiger partial charge on any atom is -0.495 e. The number of ether oxygens (including phenoxy) is 1. The topological polar surface area (TPSA) is 15.7 Å². The number of methoxy groups -OCH3 is 1. The van der Waals surface area contributed by atoms with Crippen molar-refractivity contribution in [1.82, 2.24) is 0 Å². The van der Waals surface area contributed by atoms with E-state index in [1.165, 1.54) is 22.5 Å². The second-order valence-electron chi connectivity index (χ2n) is 5.91. The Morgan fingerprint density at radius 2 is 1.50 bits per heavy atom. The molecule has 2 aromatic rings. The summed E-state index contributed by atoms with van der Waals surface area (Å²) in [6, 6.07) is 15.0. The summed E-state index contributed by atoms with van der Waals surface area (Å²) in [5, 5.41) is 0. The van der Waals surface area contributed by atoms with Gasteiger partial charge in [-0.25, -0.2) is 0 Å². The molecule has 0 spiro atoms. The number of hydrogen-bond donors (Lipinski definition) is 0. The summed E-state index contributed by atoms with van der Waals surface area (Å²) in [5.41, 5.74) is 5.26. The molecule has 2 aromatic carbocycles. The van der Waals surface area contributed by atoms with Gasteiger partial charge in [0.2, 0.25) is 0 Å². The van der Waals surface area contributed by atoms with E-state index in [1.807, 2.05) is 12.1 Å². The van der Waals surface area contributed by atoms with Gasteiger partial charge in [0, 0.05) is 31.9 Å². The van der Waals surface area contributed by atoms with Crippen molar-refractivity contribution in [3.05, 3.63) is 53.6 Å². The smallest absolute Gasteiger partial charge is 0.142 e. The van der Waals surface area contributed by atoms with Crippen LogP contribution in [0.3, 0.4) is 0 Å². The molecule has 0 saturated carbocycles. The molecular formula is C19H24N2O. The second kappa shape index (κ2) is 6.30. The summed E-state index contributed by atoms with van der Waals surface area (Å²) in [7, 11) is 1.74. The van der Waals surface area contributed by atoms with Crippen LogP contribution in [-0.2, 0) is 0 Å². The summed E-state index contributed by atoms with van der Waals surface area (Å²) in [5.74, 6) is 0.960. The van der Waals surface area contributed by atoms with Gasteiger partial charge >= 0.3 is 0 Å². The van der Waals surface area contributed by atoms with Crippen LogP contribution >= 0.6 is 0 Å². The van der Waals surface area contributed by atoms with Crippen molar-refractivity contribution in [3.8, 4) is 5.75 Å². The van der Waals surface area contributed by atoms with Crippen molar-refractivity contribution >= 4 is 11.4 Å². The first-order valence-electron chi connectivity index (χ1n) is 7.89. The van der Waals surface area contributed by atoms with E-state index in [-0.39, 0.29) is 0 Å². The molecule has 22 heavy (non-hydrogen) atoms. The average Bonchev–Trinajstić information content (AvgIpc) is 2.57. The summed E-state index contributed by atoms with van der Waals surface area (Å²) in [4.78, 5) is 4.88. The molecule has 0 atom stereocenters. The Kier molecular flexibility index (Phi) is 4.23. The zero-order valence-corrected chi connectivity index (χ0v) is 13.7. The Balaban J connectivity index is 1.71. The average molecular weight is 296 g/mol. The molecule has 1 fully saturated rings. The lowest BCUT2D eigenvalue weighted by Crippen LogP contribution is -2.46. The van der Waals surface area contributed by atoms with Gasteiger partial charge in [-0.1, -0.05) is 18.2 Å². The van der Waals surface area contributed by atoms with Crippen molar-refractivity contribution in [3.63, 3.8) is 0 Å². The van der Waals surface area contributed by atoms with Gasteiger partial charge in [-0.05, 0) is 49.2 Å². The highest BCUT2D eigenvalue weighted by atomic mass is 16.5. The Morgan fingerprint density at radius 1 is 0.818 bits per heavy atom. The number of piperazine rings is 1. The fourth-order valence-corrected chi connectivity index (χ4v) is 3.02. The van der Waals surface area contributed by atoms with Crippen LogP contribution in [0.4, 0.5) is 11.4 Å². The van der Waals surface area contributed by atoms with Gasteiger partial charge < -0.3 is 14.5 Å². The molecule has 3 heteroatoms. The Morgan fingerprint density at radius 3 is 2.18 bits per heavy atom. The SMILES string of the molecule is COc1ccccc1N1CCN(c2ccc(C)c(C)c2)CC1. The van der Waals surface area contributed by atoms with Gasteiger partial charge in [-0.3, -0.25) is 0 Å². The third kappa shape index (κ3) is 2.89. The van der Waals surface area contributed by atoms with Crippen LogP contribution in [0, 0.1) is 13.8 Å². The minimum absolute atomic E-state index is 0.960.